The van der Waals surface area contributed by atoms with Gasteiger partial charge in [0, 0.05) is 6.42 Å². The predicted octanol–water partition coefficient (Wildman–Crippen LogP) is 3.36. The molecule has 0 bridgehead atoms. The number of ketones is 1. The molecule has 0 aliphatic carbocycles. The molecule has 0 amide bonds. The van der Waals surface area contributed by atoms with Gasteiger partial charge in [-0.2, -0.15) is 0 Å². The van der Waals surface area contributed by atoms with Gasteiger partial charge in [0.15, 0.2) is 3.79 Å². The molecule has 0 aliphatic heterocycles. The largest absolute Gasteiger partial charge is 0.300 e. The van der Waals surface area contributed by atoms with Gasteiger partial charge in [0.1, 0.15) is 5.78 Å². The standard InChI is InChI=1S/C4H8O.C2H3Cl3/c1-3-4(2)5;1-2(3,4)5/h3H2,1-2H3;1H3. The molecule has 0 rings (SSSR count). The molecule has 0 heterocycles. The normalized spacial score (nSPS) is 9.80. The first-order chi connectivity index (χ1) is 4.27. The molecule has 0 saturated heterocycles. The van der Waals surface area contributed by atoms with Gasteiger partial charge in [-0.25, -0.2) is 0 Å². The van der Waals surface area contributed by atoms with E-state index in [0.717, 1.165) is 0 Å². The number of alkyl halides is 3. The van der Waals surface area contributed by atoms with Gasteiger partial charge in [0.05, 0.1) is 0 Å². The smallest absolute Gasteiger partial charge is 0.187 e. The van der Waals surface area contributed by atoms with Crippen molar-refractivity contribution in [3.8, 4) is 0 Å². The second-order valence-electron chi connectivity index (χ2n) is 1.84. The molecule has 10 heavy (non-hydrogen) atoms. The Morgan fingerprint density at radius 2 is 1.50 bits per heavy atom. The summed E-state index contributed by atoms with van der Waals surface area (Å²) < 4.78 is -1.08. The second kappa shape index (κ2) is 6.26. The molecule has 0 radical (unpaired) electrons. The fourth-order valence-corrected chi connectivity index (χ4v) is 0. The SMILES string of the molecule is CC(Cl)(Cl)Cl.CCC(C)=O. The van der Waals surface area contributed by atoms with E-state index < -0.39 is 3.79 Å². The fourth-order valence-electron chi connectivity index (χ4n) is 0. The van der Waals surface area contributed by atoms with Crippen molar-refractivity contribution >= 4 is 40.6 Å². The van der Waals surface area contributed by atoms with Crippen molar-refractivity contribution in [2.24, 2.45) is 0 Å². The van der Waals surface area contributed by atoms with Crippen LogP contribution < -0.4 is 0 Å². The Bertz CT molecular complexity index is 89.7. The van der Waals surface area contributed by atoms with Gasteiger partial charge in [0.25, 0.3) is 0 Å². The third kappa shape index (κ3) is 75.3. The molecule has 4 heteroatoms. The average Bonchev–Trinajstić information content (AvgIpc) is 1.61. The number of rotatable bonds is 1. The van der Waals surface area contributed by atoms with Crippen LogP contribution in [0, 0.1) is 0 Å². The monoisotopic (exact) mass is 204 g/mol. The number of carbonyl (C=O) groups is 1. The number of halogens is 3. The minimum atomic E-state index is -1.08. The van der Waals surface area contributed by atoms with Crippen molar-refractivity contribution in [2.45, 2.75) is 31.0 Å². The molecular formula is C6H11Cl3O. The van der Waals surface area contributed by atoms with Crippen molar-refractivity contribution in [3.05, 3.63) is 0 Å². The van der Waals surface area contributed by atoms with Gasteiger partial charge in [-0.3, -0.25) is 0 Å². The van der Waals surface area contributed by atoms with Gasteiger partial charge in [0.2, 0.25) is 0 Å². The Balaban J connectivity index is 0. The molecule has 62 valence electrons. The van der Waals surface area contributed by atoms with Crippen molar-refractivity contribution < 1.29 is 4.79 Å². The lowest BCUT2D eigenvalue weighted by Crippen LogP contribution is -1.87. The van der Waals surface area contributed by atoms with Gasteiger partial charge in [-0.05, 0) is 13.8 Å². The van der Waals surface area contributed by atoms with E-state index in [0.29, 0.717) is 6.42 Å². The minimum absolute atomic E-state index is 0.255. The van der Waals surface area contributed by atoms with Crippen LogP contribution in [0.1, 0.15) is 27.2 Å². The van der Waals surface area contributed by atoms with E-state index in [2.05, 4.69) is 0 Å². The molecule has 0 aliphatic rings. The summed E-state index contributed by atoms with van der Waals surface area (Å²) in [4.78, 5) is 9.81. The van der Waals surface area contributed by atoms with Crippen LogP contribution in [0.5, 0.6) is 0 Å². The summed E-state index contributed by atoms with van der Waals surface area (Å²) >= 11 is 15.2. The van der Waals surface area contributed by atoms with Crippen LogP contribution in [-0.4, -0.2) is 9.58 Å². The molecular weight excluding hydrogens is 194 g/mol. The Morgan fingerprint density at radius 3 is 1.50 bits per heavy atom. The first-order valence-corrected chi connectivity index (χ1v) is 3.97. The molecule has 0 unspecified atom stereocenters. The lowest BCUT2D eigenvalue weighted by molar-refractivity contribution is -0.116. The zero-order valence-electron chi connectivity index (χ0n) is 6.25. The number of hydrogen-bond donors (Lipinski definition) is 0. The van der Waals surface area contributed by atoms with Gasteiger partial charge in [-0.15, -0.1) is 0 Å². The summed E-state index contributed by atoms with van der Waals surface area (Å²) in [5.74, 6) is 0.255. The van der Waals surface area contributed by atoms with Crippen LogP contribution in [0.15, 0.2) is 0 Å². The van der Waals surface area contributed by atoms with Gasteiger partial charge in [-0.1, -0.05) is 41.7 Å². The van der Waals surface area contributed by atoms with E-state index in [-0.39, 0.29) is 5.78 Å². The molecule has 0 N–H and O–H groups in total. The van der Waals surface area contributed by atoms with Crippen molar-refractivity contribution in [3.63, 3.8) is 0 Å². The molecule has 0 saturated carbocycles. The van der Waals surface area contributed by atoms with Crippen molar-refractivity contribution in [2.75, 3.05) is 0 Å². The highest BCUT2D eigenvalue weighted by Gasteiger charge is 2.07. The Morgan fingerprint density at radius 1 is 1.40 bits per heavy atom. The summed E-state index contributed by atoms with van der Waals surface area (Å²) in [6.07, 6.45) is 0.667. The number of carbonyl (C=O) groups excluding carboxylic acids is 1. The zero-order chi connectivity index (χ0) is 8.78. The van der Waals surface area contributed by atoms with E-state index in [9.17, 15) is 4.79 Å². The third-order valence-electron chi connectivity index (χ3n) is 0.498. The molecule has 0 aromatic heterocycles. The zero-order valence-corrected chi connectivity index (χ0v) is 8.52. The molecule has 0 fully saturated rings. The molecule has 0 aromatic carbocycles. The Hall–Kier alpha value is 0.540. The lowest BCUT2D eigenvalue weighted by Gasteiger charge is -1.94. The third-order valence-corrected chi connectivity index (χ3v) is 0.498. The van der Waals surface area contributed by atoms with E-state index in [1.165, 1.54) is 6.92 Å². The highest BCUT2D eigenvalue weighted by molar-refractivity contribution is 6.67. The summed E-state index contributed by atoms with van der Waals surface area (Å²) in [5, 5.41) is 0. The number of hydrogen-bond acceptors (Lipinski definition) is 1. The van der Waals surface area contributed by atoms with Crippen LogP contribution in [0.25, 0.3) is 0 Å². The van der Waals surface area contributed by atoms with E-state index in [1.807, 2.05) is 6.92 Å². The van der Waals surface area contributed by atoms with Crippen LogP contribution in [0.4, 0.5) is 0 Å². The average molecular weight is 206 g/mol. The Kier molecular flexibility index (Phi) is 8.24. The van der Waals surface area contributed by atoms with Crippen molar-refractivity contribution in [1.29, 1.82) is 0 Å². The molecule has 1 nitrogen and oxygen atoms in total. The molecule has 0 aromatic rings. The van der Waals surface area contributed by atoms with Crippen LogP contribution in [0.2, 0.25) is 0 Å². The van der Waals surface area contributed by atoms with Gasteiger partial charge < -0.3 is 4.79 Å². The highest BCUT2D eigenvalue weighted by atomic mass is 35.6. The van der Waals surface area contributed by atoms with E-state index in [1.54, 1.807) is 6.92 Å². The van der Waals surface area contributed by atoms with Crippen LogP contribution in [-0.2, 0) is 4.79 Å². The van der Waals surface area contributed by atoms with Crippen LogP contribution >= 0.6 is 34.8 Å². The first-order valence-electron chi connectivity index (χ1n) is 2.83. The topological polar surface area (TPSA) is 17.1 Å². The summed E-state index contributed by atoms with van der Waals surface area (Å²) in [6, 6.07) is 0. The summed E-state index contributed by atoms with van der Waals surface area (Å²) in [7, 11) is 0. The first kappa shape index (κ1) is 13.2. The predicted molar refractivity (Wildman–Crippen MR) is 46.9 cm³/mol. The summed E-state index contributed by atoms with van der Waals surface area (Å²) in [6.45, 7) is 4.92. The van der Waals surface area contributed by atoms with Crippen molar-refractivity contribution in [1.82, 2.24) is 0 Å². The molecule has 0 spiro atoms. The maximum atomic E-state index is 9.81. The highest BCUT2D eigenvalue weighted by Crippen LogP contribution is 2.23. The number of Topliss-reactive ketones (excluding diaryl/α,β-unsaturated/α-hetero) is 1. The van der Waals surface area contributed by atoms with E-state index >= 15 is 0 Å². The molecule has 0 atom stereocenters. The second-order valence-corrected chi connectivity index (χ2v) is 4.68. The minimum Gasteiger partial charge on any atom is -0.300 e. The van der Waals surface area contributed by atoms with Gasteiger partial charge >= 0.3 is 0 Å². The summed E-state index contributed by atoms with van der Waals surface area (Å²) in [5.41, 5.74) is 0. The van der Waals surface area contributed by atoms with Crippen LogP contribution in [0.3, 0.4) is 0 Å². The van der Waals surface area contributed by atoms with E-state index in [4.69, 9.17) is 34.8 Å². The fraction of sp³-hybridized carbons (Fsp3) is 0.833. The lowest BCUT2D eigenvalue weighted by atomic mass is 10.4. The quantitative estimate of drug-likeness (QED) is 0.600. The Labute approximate surface area is 76.6 Å². The maximum absolute atomic E-state index is 9.81. The maximum Gasteiger partial charge on any atom is 0.187 e.